The first kappa shape index (κ1) is 15.1. The third-order valence-corrected chi connectivity index (χ3v) is 2.68. The second kappa shape index (κ2) is 6.26. The van der Waals surface area contributed by atoms with Gasteiger partial charge >= 0.3 is 0 Å². The molecule has 0 aliphatic heterocycles. The number of nitrogens with two attached hydrogens (primary N) is 1. The predicted molar refractivity (Wildman–Crippen MR) is 71.1 cm³/mol. The Hall–Kier alpha value is -1.99. The van der Waals surface area contributed by atoms with Crippen LogP contribution in [0.3, 0.4) is 0 Å². The van der Waals surface area contributed by atoms with Crippen LogP contribution in [-0.2, 0) is 9.53 Å². The number of nitrogens with zero attached hydrogens (tertiary/aromatic N) is 1. The number of methoxy groups -OCH3 is 1. The van der Waals surface area contributed by atoms with Gasteiger partial charge in [0.05, 0.1) is 17.2 Å². The number of carbonyl (C=O) groups is 1. The van der Waals surface area contributed by atoms with E-state index in [1.807, 2.05) is 0 Å². The fourth-order valence-electron chi connectivity index (χ4n) is 1.65. The summed E-state index contributed by atoms with van der Waals surface area (Å²) in [6.45, 7) is 3.49. The molecule has 1 rings (SSSR count). The zero-order valence-electron chi connectivity index (χ0n) is 11.1. The Labute approximate surface area is 110 Å². The van der Waals surface area contributed by atoms with Crippen LogP contribution in [0.2, 0.25) is 0 Å². The Balaban J connectivity index is 2.98. The highest BCUT2D eigenvalue weighted by Crippen LogP contribution is 2.26. The molecule has 19 heavy (non-hydrogen) atoms. The van der Waals surface area contributed by atoms with Crippen LogP contribution < -0.4 is 11.1 Å². The summed E-state index contributed by atoms with van der Waals surface area (Å²) in [5, 5.41) is 13.4. The minimum Gasteiger partial charge on any atom is -0.383 e. The fraction of sp³-hybridized carbons (Fsp3) is 0.417. The van der Waals surface area contributed by atoms with Crippen molar-refractivity contribution in [1.82, 2.24) is 0 Å². The lowest BCUT2D eigenvalue weighted by Gasteiger charge is -2.13. The quantitative estimate of drug-likeness (QED) is 0.614. The lowest BCUT2D eigenvalue weighted by molar-refractivity contribution is -0.385. The van der Waals surface area contributed by atoms with E-state index in [1.54, 1.807) is 19.9 Å². The SMILES string of the molecule is COCC(N)C(=O)Nc1cc([N+](=O)[O-])c(C)cc1C. The van der Waals surface area contributed by atoms with Crippen molar-refractivity contribution >= 4 is 17.3 Å². The summed E-state index contributed by atoms with van der Waals surface area (Å²) in [5.41, 5.74) is 7.21. The Kier molecular flexibility index (Phi) is 4.96. The van der Waals surface area contributed by atoms with E-state index in [9.17, 15) is 14.9 Å². The highest BCUT2D eigenvalue weighted by molar-refractivity contribution is 5.95. The molecule has 104 valence electrons. The van der Waals surface area contributed by atoms with Gasteiger partial charge in [0.1, 0.15) is 6.04 Å². The molecule has 0 spiro atoms. The van der Waals surface area contributed by atoms with E-state index in [4.69, 9.17) is 10.5 Å². The van der Waals surface area contributed by atoms with E-state index in [1.165, 1.54) is 13.2 Å². The van der Waals surface area contributed by atoms with Crippen LogP contribution >= 0.6 is 0 Å². The zero-order chi connectivity index (χ0) is 14.6. The molecule has 0 saturated carbocycles. The molecule has 1 aromatic carbocycles. The van der Waals surface area contributed by atoms with Crippen molar-refractivity contribution in [3.05, 3.63) is 33.4 Å². The molecule has 0 fully saturated rings. The maximum Gasteiger partial charge on any atom is 0.274 e. The molecule has 1 amide bonds. The average Bonchev–Trinajstić information content (AvgIpc) is 2.32. The van der Waals surface area contributed by atoms with E-state index in [-0.39, 0.29) is 12.3 Å². The molecule has 1 atom stereocenters. The molecule has 1 aromatic rings. The standard InChI is InChI=1S/C12H17N3O4/c1-7-4-8(2)11(15(17)18)5-10(7)14-12(16)9(13)6-19-3/h4-5,9H,6,13H2,1-3H3,(H,14,16). The van der Waals surface area contributed by atoms with Crippen molar-refractivity contribution in [1.29, 1.82) is 0 Å². The van der Waals surface area contributed by atoms with Crippen molar-refractivity contribution < 1.29 is 14.5 Å². The van der Waals surface area contributed by atoms with Crippen LogP contribution in [0.25, 0.3) is 0 Å². The van der Waals surface area contributed by atoms with Crippen molar-refractivity contribution in [3.63, 3.8) is 0 Å². The molecule has 0 radical (unpaired) electrons. The number of aryl methyl sites for hydroxylation is 2. The fourth-order valence-corrected chi connectivity index (χ4v) is 1.65. The van der Waals surface area contributed by atoms with E-state index < -0.39 is 16.9 Å². The number of rotatable bonds is 5. The molecule has 0 aliphatic carbocycles. The van der Waals surface area contributed by atoms with Crippen LogP contribution in [0, 0.1) is 24.0 Å². The number of hydrogen-bond acceptors (Lipinski definition) is 5. The number of hydrogen-bond donors (Lipinski definition) is 2. The third kappa shape index (κ3) is 3.73. The molecule has 1 unspecified atom stereocenters. The molecular weight excluding hydrogens is 250 g/mol. The smallest absolute Gasteiger partial charge is 0.274 e. The number of nitro groups is 1. The van der Waals surface area contributed by atoms with Gasteiger partial charge < -0.3 is 15.8 Å². The van der Waals surface area contributed by atoms with Crippen molar-refractivity contribution in [2.75, 3.05) is 19.0 Å². The van der Waals surface area contributed by atoms with Crippen LogP contribution in [0.15, 0.2) is 12.1 Å². The zero-order valence-corrected chi connectivity index (χ0v) is 11.1. The maximum atomic E-state index is 11.7. The van der Waals surface area contributed by atoms with Gasteiger partial charge in [0.15, 0.2) is 0 Å². The van der Waals surface area contributed by atoms with Gasteiger partial charge in [-0.05, 0) is 25.5 Å². The van der Waals surface area contributed by atoms with Gasteiger partial charge in [0, 0.05) is 18.7 Å². The van der Waals surface area contributed by atoms with E-state index in [2.05, 4.69) is 5.32 Å². The van der Waals surface area contributed by atoms with Gasteiger partial charge in [0.25, 0.3) is 5.69 Å². The highest BCUT2D eigenvalue weighted by Gasteiger charge is 2.18. The lowest BCUT2D eigenvalue weighted by Crippen LogP contribution is -2.39. The second-order valence-electron chi connectivity index (χ2n) is 4.26. The Morgan fingerprint density at radius 2 is 2.11 bits per heavy atom. The second-order valence-corrected chi connectivity index (χ2v) is 4.26. The lowest BCUT2D eigenvalue weighted by atomic mass is 10.1. The van der Waals surface area contributed by atoms with E-state index >= 15 is 0 Å². The molecule has 3 N–H and O–H groups in total. The topological polar surface area (TPSA) is 107 Å². The molecule has 7 nitrogen and oxygen atoms in total. The number of carbonyl (C=O) groups excluding carboxylic acids is 1. The number of amides is 1. The molecule has 0 saturated heterocycles. The minimum atomic E-state index is -0.815. The summed E-state index contributed by atoms with van der Waals surface area (Å²) in [7, 11) is 1.44. The Morgan fingerprint density at radius 1 is 1.47 bits per heavy atom. The summed E-state index contributed by atoms with van der Waals surface area (Å²) in [5.74, 6) is -0.442. The van der Waals surface area contributed by atoms with Gasteiger partial charge in [-0.15, -0.1) is 0 Å². The molecule has 0 bridgehead atoms. The first-order chi connectivity index (χ1) is 8.86. The van der Waals surface area contributed by atoms with Crippen LogP contribution in [0.4, 0.5) is 11.4 Å². The third-order valence-electron chi connectivity index (χ3n) is 2.68. The normalized spacial score (nSPS) is 12.0. The minimum absolute atomic E-state index is 0.0405. The van der Waals surface area contributed by atoms with Gasteiger partial charge in [-0.2, -0.15) is 0 Å². The molecular formula is C12H17N3O4. The summed E-state index contributed by atoms with van der Waals surface area (Å²) in [4.78, 5) is 22.1. The van der Waals surface area contributed by atoms with Crippen LogP contribution in [0.1, 0.15) is 11.1 Å². The monoisotopic (exact) mass is 267 g/mol. The van der Waals surface area contributed by atoms with Crippen molar-refractivity contribution in [2.45, 2.75) is 19.9 Å². The summed E-state index contributed by atoms with van der Waals surface area (Å²) < 4.78 is 4.78. The number of nitro benzene ring substituents is 1. The van der Waals surface area contributed by atoms with Crippen molar-refractivity contribution in [2.24, 2.45) is 5.73 Å². The highest BCUT2D eigenvalue weighted by atomic mass is 16.6. The molecule has 7 heteroatoms. The molecule has 0 aromatic heterocycles. The van der Waals surface area contributed by atoms with E-state index in [0.29, 0.717) is 11.3 Å². The number of anilines is 1. The predicted octanol–water partition coefficient (Wildman–Crippen LogP) is 1.12. The van der Waals surface area contributed by atoms with Crippen molar-refractivity contribution in [3.8, 4) is 0 Å². The van der Waals surface area contributed by atoms with E-state index in [0.717, 1.165) is 5.56 Å². The summed E-state index contributed by atoms with van der Waals surface area (Å²) in [6.07, 6.45) is 0. The molecule has 0 heterocycles. The maximum absolute atomic E-state index is 11.7. The first-order valence-electron chi connectivity index (χ1n) is 5.67. The van der Waals surface area contributed by atoms with Gasteiger partial charge in [-0.3, -0.25) is 14.9 Å². The van der Waals surface area contributed by atoms with Gasteiger partial charge in [-0.25, -0.2) is 0 Å². The number of ether oxygens (including phenoxy) is 1. The number of benzene rings is 1. The summed E-state index contributed by atoms with van der Waals surface area (Å²) >= 11 is 0. The van der Waals surface area contributed by atoms with Gasteiger partial charge in [-0.1, -0.05) is 0 Å². The van der Waals surface area contributed by atoms with Gasteiger partial charge in [0.2, 0.25) is 5.91 Å². The largest absolute Gasteiger partial charge is 0.383 e. The summed E-state index contributed by atoms with van der Waals surface area (Å²) in [6, 6.07) is 2.17. The Bertz CT molecular complexity index is 502. The average molecular weight is 267 g/mol. The van der Waals surface area contributed by atoms with Crippen LogP contribution in [-0.4, -0.2) is 30.6 Å². The molecule has 0 aliphatic rings. The first-order valence-corrected chi connectivity index (χ1v) is 5.67. The number of nitrogens with one attached hydrogen (secondary N) is 1. The van der Waals surface area contributed by atoms with Crippen LogP contribution in [0.5, 0.6) is 0 Å². The Morgan fingerprint density at radius 3 is 2.63 bits per heavy atom.